The van der Waals surface area contributed by atoms with Crippen molar-refractivity contribution in [2.45, 2.75) is 19.9 Å². The van der Waals surface area contributed by atoms with Crippen LogP contribution in [0.4, 0.5) is 11.4 Å². The van der Waals surface area contributed by atoms with E-state index < -0.39 is 16.9 Å². The lowest BCUT2D eigenvalue weighted by Crippen LogP contribution is -2.44. The first kappa shape index (κ1) is 15.4. The number of hydrogen-bond donors (Lipinski definition) is 3. The van der Waals surface area contributed by atoms with E-state index in [9.17, 15) is 19.7 Å². The molecule has 0 saturated heterocycles. The molecule has 0 spiro atoms. The molecule has 0 aliphatic rings. The smallest absolute Gasteiger partial charge is 0.270 e. The maximum atomic E-state index is 12.0. The highest BCUT2D eigenvalue weighted by atomic mass is 16.6. The van der Waals surface area contributed by atoms with Crippen molar-refractivity contribution in [1.29, 1.82) is 0 Å². The summed E-state index contributed by atoms with van der Waals surface area (Å²) < 4.78 is 0. The molecule has 0 radical (unpaired) electrons. The van der Waals surface area contributed by atoms with E-state index in [1.54, 1.807) is 6.92 Å². The highest BCUT2D eigenvalue weighted by Crippen LogP contribution is 2.19. The molecule has 0 aliphatic carbocycles. The number of amides is 2. The van der Waals surface area contributed by atoms with Crippen LogP contribution in [0.5, 0.6) is 0 Å². The Labute approximate surface area is 115 Å². The van der Waals surface area contributed by atoms with Crippen molar-refractivity contribution in [2.75, 3.05) is 12.3 Å². The zero-order chi connectivity index (χ0) is 15.3. The van der Waals surface area contributed by atoms with Crippen molar-refractivity contribution in [3.05, 3.63) is 33.9 Å². The van der Waals surface area contributed by atoms with Crippen molar-refractivity contribution >= 4 is 23.2 Å². The number of carbonyl (C=O) groups excluding carboxylic acids is 2. The van der Waals surface area contributed by atoms with Crippen LogP contribution < -0.4 is 16.4 Å². The van der Waals surface area contributed by atoms with Crippen LogP contribution in [0.15, 0.2) is 18.2 Å². The summed E-state index contributed by atoms with van der Waals surface area (Å²) in [7, 11) is 0. The van der Waals surface area contributed by atoms with Gasteiger partial charge in [0.25, 0.3) is 11.6 Å². The van der Waals surface area contributed by atoms with Crippen LogP contribution in [0.2, 0.25) is 0 Å². The molecule has 8 nitrogen and oxygen atoms in total. The largest absolute Gasteiger partial charge is 0.398 e. The number of nitro groups is 1. The third-order valence-corrected chi connectivity index (χ3v) is 2.58. The molecular formula is C12H16N4O4. The van der Waals surface area contributed by atoms with Gasteiger partial charge in [-0.25, -0.2) is 0 Å². The summed E-state index contributed by atoms with van der Waals surface area (Å²) in [6.07, 6.45) is 0. The Hall–Kier alpha value is -2.64. The minimum Gasteiger partial charge on any atom is -0.398 e. The minimum absolute atomic E-state index is 0.0321. The van der Waals surface area contributed by atoms with Gasteiger partial charge in [0.1, 0.15) is 6.04 Å². The third kappa shape index (κ3) is 3.67. The molecule has 20 heavy (non-hydrogen) atoms. The van der Waals surface area contributed by atoms with Gasteiger partial charge in [-0.05, 0) is 19.9 Å². The van der Waals surface area contributed by atoms with Crippen molar-refractivity contribution in [3.8, 4) is 0 Å². The summed E-state index contributed by atoms with van der Waals surface area (Å²) in [5.41, 5.74) is 5.45. The fraction of sp³-hybridized carbons (Fsp3) is 0.333. The number of nitro benzene ring substituents is 1. The number of nitrogens with zero attached hydrogens (tertiary/aromatic N) is 1. The monoisotopic (exact) mass is 280 g/mol. The number of anilines is 1. The molecular weight excluding hydrogens is 264 g/mol. The topological polar surface area (TPSA) is 127 Å². The molecule has 4 N–H and O–H groups in total. The van der Waals surface area contributed by atoms with E-state index in [-0.39, 0.29) is 22.8 Å². The maximum absolute atomic E-state index is 12.0. The molecule has 8 heteroatoms. The van der Waals surface area contributed by atoms with Crippen molar-refractivity contribution in [2.24, 2.45) is 0 Å². The molecule has 1 unspecified atom stereocenters. The lowest BCUT2D eigenvalue weighted by Gasteiger charge is -2.14. The molecule has 0 fully saturated rings. The van der Waals surface area contributed by atoms with Gasteiger partial charge in [0.05, 0.1) is 10.5 Å². The van der Waals surface area contributed by atoms with E-state index in [1.807, 2.05) is 0 Å². The molecule has 108 valence electrons. The third-order valence-electron chi connectivity index (χ3n) is 2.58. The molecule has 0 heterocycles. The fourth-order valence-corrected chi connectivity index (χ4v) is 1.52. The summed E-state index contributed by atoms with van der Waals surface area (Å²) in [6.45, 7) is 3.71. The Morgan fingerprint density at radius 1 is 1.45 bits per heavy atom. The molecule has 0 bridgehead atoms. The van der Waals surface area contributed by atoms with Crippen LogP contribution >= 0.6 is 0 Å². The second-order valence-electron chi connectivity index (χ2n) is 4.12. The van der Waals surface area contributed by atoms with E-state index in [1.165, 1.54) is 19.1 Å². The molecule has 1 aromatic carbocycles. The van der Waals surface area contributed by atoms with Crippen LogP contribution in [-0.2, 0) is 4.79 Å². The summed E-state index contributed by atoms with van der Waals surface area (Å²) in [4.78, 5) is 33.5. The molecule has 2 amide bonds. The maximum Gasteiger partial charge on any atom is 0.270 e. The van der Waals surface area contributed by atoms with E-state index in [2.05, 4.69) is 10.6 Å². The van der Waals surface area contributed by atoms with Gasteiger partial charge in [-0.3, -0.25) is 19.7 Å². The number of nitrogens with one attached hydrogen (secondary N) is 2. The Balaban J connectivity index is 2.89. The Kier molecular flexibility index (Phi) is 5.01. The first-order chi connectivity index (χ1) is 9.36. The minimum atomic E-state index is -0.763. The normalized spacial score (nSPS) is 11.5. The average Bonchev–Trinajstić information content (AvgIpc) is 2.38. The highest BCUT2D eigenvalue weighted by molar-refractivity contribution is 6.01. The van der Waals surface area contributed by atoms with Crippen LogP contribution in [0.25, 0.3) is 0 Å². The lowest BCUT2D eigenvalue weighted by atomic mass is 10.1. The van der Waals surface area contributed by atoms with Crippen LogP contribution in [0.3, 0.4) is 0 Å². The van der Waals surface area contributed by atoms with Crippen molar-refractivity contribution in [1.82, 2.24) is 10.6 Å². The number of carbonyl (C=O) groups is 2. The van der Waals surface area contributed by atoms with E-state index in [0.29, 0.717) is 6.54 Å². The van der Waals surface area contributed by atoms with E-state index in [0.717, 1.165) is 6.07 Å². The first-order valence-electron chi connectivity index (χ1n) is 5.99. The Morgan fingerprint density at radius 2 is 2.10 bits per heavy atom. The second kappa shape index (κ2) is 6.50. The predicted octanol–water partition coefficient (Wildman–Crippen LogP) is 0.431. The van der Waals surface area contributed by atoms with Gasteiger partial charge < -0.3 is 16.4 Å². The van der Waals surface area contributed by atoms with Crippen LogP contribution in [-0.4, -0.2) is 29.3 Å². The molecule has 1 atom stereocenters. The summed E-state index contributed by atoms with van der Waals surface area (Å²) in [5, 5.41) is 15.7. The van der Waals surface area contributed by atoms with Crippen molar-refractivity contribution < 1.29 is 14.5 Å². The van der Waals surface area contributed by atoms with Gasteiger partial charge in [-0.15, -0.1) is 0 Å². The lowest BCUT2D eigenvalue weighted by molar-refractivity contribution is -0.384. The fourth-order valence-electron chi connectivity index (χ4n) is 1.52. The summed E-state index contributed by atoms with van der Waals surface area (Å²) in [5.74, 6) is -0.977. The average molecular weight is 280 g/mol. The Bertz CT molecular complexity index is 544. The molecule has 1 aromatic rings. The summed E-state index contributed by atoms with van der Waals surface area (Å²) >= 11 is 0. The SMILES string of the molecule is CCNC(=O)C(C)NC(=O)c1cc([N+](=O)[O-])ccc1N. The van der Waals surface area contributed by atoms with Gasteiger partial charge >= 0.3 is 0 Å². The van der Waals surface area contributed by atoms with Gasteiger partial charge in [0.2, 0.25) is 5.91 Å². The number of likely N-dealkylation sites (N-methyl/N-ethyl adjacent to an activating group) is 1. The van der Waals surface area contributed by atoms with Crippen molar-refractivity contribution in [3.63, 3.8) is 0 Å². The van der Waals surface area contributed by atoms with Gasteiger partial charge in [-0.2, -0.15) is 0 Å². The number of benzene rings is 1. The van der Waals surface area contributed by atoms with Gasteiger partial charge in [0.15, 0.2) is 0 Å². The van der Waals surface area contributed by atoms with Crippen LogP contribution in [0, 0.1) is 10.1 Å². The second-order valence-corrected chi connectivity index (χ2v) is 4.12. The number of non-ortho nitro benzene ring substituents is 1. The standard InChI is InChI=1S/C12H16N4O4/c1-3-14-11(17)7(2)15-12(18)9-6-8(16(19)20)4-5-10(9)13/h4-7H,3,13H2,1-2H3,(H,14,17)(H,15,18). The van der Waals surface area contributed by atoms with Crippen LogP contribution in [0.1, 0.15) is 24.2 Å². The van der Waals surface area contributed by atoms with E-state index in [4.69, 9.17) is 5.73 Å². The number of nitrogens with two attached hydrogens (primary N) is 1. The number of rotatable bonds is 5. The summed E-state index contributed by atoms with van der Waals surface area (Å²) in [6, 6.07) is 2.80. The molecule has 0 aliphatic heterocycles. The molecule has 1 rings (SSSR count). The molecule has 0 aromatic heterocycles. The highest BCUT2D eigenvalue weighted by Gasteiger charge is 2.19. The quantitative estimate of drug-likeness (QED) is 0.409. The number of hydrogen-bond acceptors (Lipinski definition) is 5. The van der Waals surface area contributed by atoms with Gasteiger partial charge in [0, 0.05) is 24.4 Å². The van der Waals surface area contributed by atoms with Gasteiger partial charge in [-0.1, -0.05) is 0 Å². The zero-order valence-electron chi connectivity index (χ0n) is 11.2. The zero-order valence-corrected chi connectivity index (χ0v) is 11.2. The molecule has 0 saturated carbocycles. The number of nitrogen functional groups attached to an aromatic ring is 1. The van der Waals surface area contributed by atoms with E-state index >= 15 is 0 Å². The predicted molar refractivity (Wildman–Crippen MR) is 73.1 cm³/mol. The first-order valence-corrected chi connectivity index (χ1v) is 5.99. The Morgan fingerprint density at radius 3 is 2.65 bits per heavy atom.